The molecule has 7 heteroatoms. The molecule has 1 N–H and O–H groups in total. The zero-order valence-electron chi connectivity index (χ0n) is 12.5. The van der Waals surface area contributed by atoms with Gasteiger partial charge in [0.1, 0.15) is 11.6 Å². The number of nitrogens with zero attached hydrogens (tertiary/aromatic N) is 2. The Labute approximate surface area is 135 Å². The van der Waals surface area contributed by atoms with Crippen molar-refractivity contribution in [3.8, 4) is 11.4 Å². The van der Waals surface area contributed by atoms with Gasteiger partial charge in [-0.25, -0.2) is 4.98 Å². The van der Waals surface area contributed by atoms with E-state index < -0.39 is 16.8 Å². The predicted octanol–water partition coefficient (Wildman–Crippen LogP) is 2.30. The molecule has 0 saturated heterocycles. The van der Waals surface area contributed by atoms with Gasteiger partial charge in [-0.15, -0.1) is 0 Å². The smallest absolute Gasteiger partial charge is 0.318 e. The lowest BCUT2D eigenvalue weighted by atomic mass is 10.2. The van der Waals surface area contributed by atoms with Crippen LogP contribution in [0.2, 0.25) is 0 Å². The van der Waals surface area contributed by atoms with Crippen LogP contribution in [0.25, 0.3) is 22.4 Å². The summed E-state index contributed by atoms with van der Waals surface area (Å²) >= 11 is 0. The number of pyridine rings is 1. The standard InChI is InChI=1S/C16H15N3O3S/c1-2-22-15(20)10-23(21)14-6-4-3-5-11(14)16-18-12-7-8-17-9-13(12)19-16/h3-9H,2,10H2,1H3,(H,18,19). The van der Waals surface area contributed by atoms with E-state index in [2.05, 4.69) is 15.0 Å². The van der Waals surface area contributed by atoms with Crippen molar-refractivity contribution in [3.05, 3.63) is 42.7 Å². The number of esters is 1. The molecule has 0 spiro atoms. The van der Waals surface area contributed by atoms with Crippen molar-refractivity contribution in [1.29, 1.82) is 0 Å². The van der Waals surface area contributed by atoms with Crippen molar-refractivity contribution < 1.29 is 13.7 Å². The average Bonchev–Trinajstić information content (AvgIpc) is 2.99. The zero-order valence-corrected chi connectivity index (χ0v) is 13.3. The first-order valence-electron chi connectivity index (χ1n) is 7.12. The Morgan fingerprint density at radius 3 is 2.91 bits per heavy atom. The van der Waals surface area contributed by atoms with Gasteiger partial charge < -0.3 is 9.72 Å². The normalized spacial score (nSPS) is 12.2. The van der Waals surface area contributed by atoms with E-state index in [9.17, 15) is 9.00 Å². The molecule has 2 heterocycles. The quantitative estimate of drug-likeness (QED) is 0.726. The fourth-order valence-electron chi connectivity index (χ4n) is 2.23. The fourth-order valence-corrected chi connectivity index (χ4v) is 3.33. The molecule has 0 bridgehead atoms. The van der Waals surface area contributed by atoms with Gasteiger partial charge in [0.15, 0.2) is 0 Å². The van der Waals surface area contributed by atoms with Crippen LogP contribution in [-0.4, -0.2) is 37.5 Å². The fraction of sp³-hybridized carbons (Fsp3) is 0.188. The molecule has 23 heavy (non-hydrogen) atoms. The lowest BCUT2D eigenvalue weighted by Gasteiger charge is -2.07. The van der Waals surface area contributed by atoms with E-state index in [-0.39, 0.29) is 12.4 Å². The number of H-pyrrole nitrogens is 1. The Hall–Kier alpha value is -2.54. The number of nitrogens with one attached hydrogen (secondary N) is 1. The molecular formula is C16H15N3O3S. The van der Waals surface area contributed by atoms with E-state index in [0.29, 0.717) is 16.3 Å². The average molecular weight is 329 g/mol. The van der Waals surface area contributed by atoms with Gasteiger partial charge >= 0.3 is 5.97 Å². The van der Waals surface area contributed by atoms with Crippen molar-refractivity contribution in [2.45, 2.75) is 11.8 Å². The summed E-state index contributed by atoms with van der Waals surface area (Å²) in [5.74, 6) is -0.0534. The van der Waals surface area contributed by atoms with Crippen LogP contribution in [-0.2, 0) is 20.3 Å². The number of aromatic amines is 1. The first-order chi connectivity index (χ1) is 11.2. The summed E-state index contributed by atoms with van der Waals surface area (Å²) in [6.45, 7) is 1.99. The first-order valence-corrected chi connectivity index (χ1v) is 8.44. The first kappa shape index (κ1) is 15.4. The topological polar surface area (TPSA) is 84.9 Å². The molecule has 0 fully saturated rings. The number of benzene rings is 1. The summed E-state index contributed by atoms with van der Waals surface area (Å²) in [7, 11) is -1.50. The third kappa shape index (κ3) is 3.29. The number of carbonyl (C=O) groups is 1. The minimum absolute atomic E-state index is 0.174. The third-order valence-corrected chi connectivity index (χ3v) is 4.57. The highest BCUT2D eigenvalue weighted by molar-refractivity contribution is 7.85. The van der Waals surface area contributed by atoms with Gasteiger partial charge in [0.2, 0.25) is 0 Å². The van der Waals surface area contributed by atoms with Crippen molar-refractivity contribution in [2.24, 2.45) is 0 Å². The molecule has 1 unspecified atom stereocenters. The molecule has 2 aromatic heterocycles. The maximum atomic E-state index is 12.5. The summed E-state index contributed by atoms with van der Waals surface area (Å²) in [5, 5.41) is 0. The van der Waals surface area contributed by atoms with Crippen molar-refractivity contribution in [3.63, 3.8) is 0 Å². The van der Waals surface area contributed by atoms with Crippen LogP contribution >= 0.6 is 0 Å². The van der Waals surface area contributed by atoms with Crippen LogP contribution in [0.3, 0.4) is 0 Å². The number of fused-ring (bicyclic) bond motifs is 1. The highest BCUT2D eigenvalue weighted by Gasteiger charge is 2.17. The Morgan fingerprint density at radius 1 is 1.30 bits per heavy atom. The molecule has 1 atom stereocenters. The highest BCUT2D eigenvalue weighted by Crippen LogP contribution is 2.26. The van der Waals surface area contributed by atoms with E-state index in [4.69, 9.17) is 4.74 Å². The summed E-state index contributed by atoms with van der Waals surface area (Å²) in [6, 6.07) is 8.98. The van der Waals surface area contributed by atoms with E-state index in [0.717, 1.165) is 11.0 Å². The van der Waals surface area contributed by atoms with Gasteiger partial charge in [0.05, 0.1) is 39.5 Å². The number of carbonyl (C=O) groups excluding carboxylic acids is 1. The van der Waals surface area contributed by atoms with Crippen molar-refractivity contribution in [1.82, 2.24) is 15.0 Å². The Morgan fingerprint density at radius 2 is 2.13 bits per heavy atom. The minimum Gasteiger partial charge on any atom is -0.465 e. The maximum absolute atomic E-state index is 12.5. The van der Waals surface area contributed by atoms with Crippen LogP contribution in [0, 0.1) is 0 Å². The molecule has 0 aliphatic carbocycles. The largest absolute Gasteiger partial charge is 0.465 e. The lowest BCUT2D eigenvalue weighted by molar-refractivity contribution is -0.139. The third-order valence-electron chi connectivity index (χ3n) is 3.23. The second-order valence-electron chi connectivity index (χ2n) is 4.77. The number of imidazole rings is 1. The molecule has 0 radical (unpaired) electrons. The van der Waals surface area contributed by atoms with Crippen molar-refractivity contribution >= 4 is 27.8 Å². The minimum atomic E-state index is -1.50. The molecule has 0 aliphatic heterocycles. The summed E-state index contributed by atoms with van der Waals surface area (Å²) in [6.07, 6.45) is 3.35. The molecule has 3 rings (SSSR count). The molecule has 1 aromatic carbocycles. The van der Waals surface area contributed by atoms with Gasteiger partial charge in [-0.1, -0.05) is 18.2 Å². The number of aromatic nitrogens is 3. The number of ether oxygens (including phenoxy) is 1. The SMILES string of the molecule is CCOC(=O)CS(=O)c1ccccc1-c1nc2ccncc2[nH]1. The predicted molar refractivity (Wildman–Crippen MR) is 87.2 cm³/mol. The van der Waals surface area contributed by atoms with Crippen LogP contribution < -0.4 is 0 Å². The molecule has 3 aromatic rings. The van der Waals surface area contributed by atoms with Crippen LogP contribution in [0.4, 0.5) is 0 Å². The summed E-state index contributed by atoms with van der Waals surface area (Å²) in [4.78, 5) is 23.8. The molecule has 0 aliphatic rings. The van der Waals surface area contributed by atoms with Gasteiger partial charge in [0, 0.05) is 11.8 Å². The molecule has 6 nitrogen and oxygen atoms in total. The van der Waals surface area contributed by atoms with E-state index in [1.54, 1.807) is 37.5 Å². The zero-order chi connectivity index (χ0) is 16.2. The molecule has 0 amide bonds. The number of hydrogen-bond donors (Lipinski definition) is 1. The summed E-state index contributed by atoms with van der Waals surface area (Å²) in [5.41, 5.74) is 2.28. The number of rotatable bonds is 5. The Kier molecular flexibility index (Phi) is 4.47. The molecule has 0 saturated carbocycles. The second-order valence-corrected chi connectivity index (χ2v) is 6.19. The van der Waals surface area contributed by atoms with Crippen LogP contribution in [0.15, 0.2) is 47.6 Å². The summed E-state index contributed by atoms with van der Waals surface area (Å²) < 4.78 is 17.4. The highest BCUT2D eigenvalue weighted by atomic mass is 32.2. The lowest BCUT2D eigenvalue weighted by Crippen LogP contribution is -2.14. The van der Waals surface area contributed by atoms with Crippen LogP contribution in [0.1, 0.15) is 6.92 Å². The number of hydrogen-bond acceptors (Lipinski definition) is 5. The molecule has 118 valence electrons. The monoisotopic (exact) mass is 329 g/mol. The van der Waals surface area contributed by atoms with Crippen molar-refractivity contribution in [2.75, 3.05) is 12.4 Å². The second kappa shape index (κ2) is 6.70. The van der Waals surface area contributed by atoms with Gasteiger partial charge in [0.25, 0.3) is 0 Å². The van der Waals surface area contributed by atoms with E-state index in [1.165, 1.54) is 0 Å². The van der Waals surface area contributed by atoms with E-state index in [1.807, 2.05) is 12.1 Å². The van der Waals surface area contributed by atoms with Gasteiger partial charge in [-0.05, 0) is 19.1 Å². The molecular weight excluding hydrogens is 314 g/mol. The maximum Gasteiger partial charge on any atom is 0.318 e. The Bertz CT molecular complexity index is 843. The van der Waals surface area contributed by atoms with Gasteiger partial charge in [-0.2, -0.15) is 0 Å². The van der Waals surface area contributed by atoms with E-state index >= 15 is 0 Å². The van der Waals surface area contributed by atoms with Crippen LogP contribution in [0.5, 0.6) is 0 Å². The van der Waals surface area contributed by atoms with Gasteiger partial charge in [-0.3, -0.25) is 14.0 Å². The Balaban J connectivity index is 1.97.